The molecule has 0 aliphatic carbocycles. The van der Waals surface area contributed by atoms with Gasteiger partial charge in [0.1, 0.15) is 11.2 Å². The summed E-state index contributed by atoms with van der Waals surface area (Å²) in [6.07, 6.45) is 5.14. The van der Waals surface area contributed by atoms with Crippen molar-refractivity contribution in [1.82, 2.24) is 20.0 Å². The SMILES string of the molecule is Cc1ccc2ncc(C(=O)NCCC3CCNC3)c(=O)n2c1.Cl. The Kier molecular flexibility index (Phi) is 5.74. The predicted molar refractivity (Wildman–Crippen MR) is 91.4 cm³/mol. The van der Waals surface area contributed by atoms with E-state index in [1.165, 1.54) is 10.6 Å². The average Bonchev–Trinajstić information content (AvgIpc) is 3.01. The maximum Gasteiger partial charge on any atom is 0.270 e. The molecule has 0 radical (unpaired) electrons. The molecule has 1 unspecified atom stereocenters. The van der Waals surface area contributed by atoms with Crippen molar-refractivity contribution in [2.24, 2.45) is 5.92 Å². The highest BCUT2D eigenvalue weighted by atomic mass is 35.5. The first-order chi connectivity index (χ1) is 10.6. The van der Waals surface area contributed by atoms with Gasteiger partial charge in [-0.05, 0) is 50.4 Å². The average molecular weight is 337 g/mol. The van der Waals surface area contributed by atoms with E-state index < -0.39 is 0 Å². The summed E-state index contributed by atoms with van der Waals surface area (Å²) in [5.41, 5.74) is 1.26. The smallest absolute Gasteiger partial charge is 0.270 e. The van der Waals surface area contributed by atoms with Crippen molar-refractivity contribution >= 4 is 24.0 Å². The van der Waals surface area contributed by atoms with Gasteiger partial charge < -0.3 is 10.6 Å². The van der Waals surface area contributed by atoms with Crippen LogP contribution in [0.1, 0.15) is 28.8 Å². The lowest BCUT2D eigenvalue weighted by Crippen LogP contribution is -2.33. The van der Waals surface area contributed by atoms with E-state index in [0.717, 1.165) is 31.5 Å². The number of carbonyl (C=O) groups excluding carboxylic acids is 1. The van der Waals surface area contributed by atoms with Gasteiger partial charge in [0.05, 0.1) is 0 Å². The molecule has 6 nitrogen and oxygen atoms in total. The van der Waals surface area contributed by atoms with Gasteiger partial charge in [-0.1, -0.05) is 6.07 Å². The van der Waals surface area contributed by atoms with Crippen molar-refractivity contribution in [2.75, 3.05) is 19.6 Å². The van der Waals surface area contributed by atoms with Crippen LogP contribution in [0.3, 0.4) is 0 Å². The van der Waals surface area contributed by atoms with Crippen LogP contribution in [0.4, 0.5) is 0 Å². The molecule has 3 rings (SSSR count). The summed E-state index contributed by atoms with van der Waals surface area (Å²) < 4.78 is 1.42. The molecule has 2 aromatic heterocycles. The second-order valence-electron chi connectivity index (χ2n) is 5.82. The van der Waals surface area contributed by atoms with Crippen LogP contribution in [-0.4, -0.2) is 34.9 Å². The number of rotatable bonds is 4. The van der Waals surface area contributed by atoms with E-state index in [2.05, 4.69) is 15.6 Å². The van der Waals surface area contributed by atoms with Crippen molar-refractivity contribution in [2.45, 2.75) is 19.8 Å². The number of amides is 1. The minimum Gasteiger partial charge on any atom is -0.352 e. The molecule has 1 aliphatic rings. The second kappa shape index (κ2) is 7.57. The Bertz CT molecular complexity index is 753. The summed E-state index contributed by atoms with van der Waals surface area (Å²) in [4.78, 5) is 28.8. The standard InChI is InChI=1S/C16H20N4O2.ClH/c1-11-2-3-14-19-9-13(16(22)20(14)10-11)15(21)18-7-5-12-4-6-17-8-12;/h2-3,9-10,12,17H,4-8H2,1H3,(H,18,21);1H. The normalized spacial score (nSPS) is 17.0. The van der Waals surface area contributed by atoms with Crippen LogP contribution in [0, 0.1) is 12.8 Å². The zero-order chi connectivity index (χ0) is 15.5. The number of aromatic nitrogens is 2. The molecular formula is C16H21ClN4O2. The zero-order valence-electron chi connectivity index (χ0n) is 13.0. The highest BCUT2D eigenvalue weighted by Crippen LogP contribution is 2.10. The molecule has 1 saturated heterocycles. The van der Waals surface area contributed by atoms with E-state index in [0.29, 0.717) is 18.1 Å². The molecule has 7 heteroatoms. The molecule has 124 valence electrons. The van der Waals surface area contributed by atoms with Crippen molar-refractivity contribution < 1.29 is 4.79 Å². The molecule has 23 heavy (non-hydrogen) atoms. The van der Waals surface area contributed by atoms with Gasteiger partial charge in [0.25, 0.3) is 11.5 Å². The fourth-order valence-electron chi connectivity index (χ4n) is 2.78. The zero-order valence-corrected chi connectivity index (χ0v) is 13.9. The molecule has 1 atom stereocenters. The van der Waals surface area contributed by atoms with Gasteiger partial charge in [-0.15, -0.1) is 12.4 Å². The van der Waals surface area contributed by atoms with Crippen LogP contribution in [0.15, 0.2) is 29.3 Å². The summed E-state index contributed by atoms with van der Waals surface area (Å²) in [6.45, 7) is 4.54. The second-order valence-corrected chi connectivity index (χ2v) is 5.82. The topological polar surface area (TPSA) is 75.5 Å². The minimum absolute atomic E-state index is 0. The maximum atomic E-state index is 12.4. The van der Waals surface area contributed by atoms with E-state index in [9.17, 15) is 9.59 Å². The molecule has 2 aromatic rings. The van der Waals surface area contributed by atoms with Gasteiger partial charge in [-0.25, -0.2) is 4.98 Å². The maximum absolute atomic E-state index is 12.4. The Hall–Kier alpha value is -1.92. The molecule has 2 N–H and O–H groups in total. The van der Waals surface area contributed by atoms with Gasteiger partial charge in [0.2, 0.25) is 0 Å². The first-order valence-electron chi connectivity index (χ1n) is 7.62. The Morgan fingerprint density at radius 1 is 1.48 bits per heavy atom. The molecule has 1 aliphatic heterocycles. The van der Waals surface area contributed by atoms with Gasteiger partial charge in [0.15, 0.2) is 0 Å². The molecular weight excluding hydrogens is 316 g/mol. The van der Waals surface area contributed by atoms with E-state index in [-0.39, 0.29) is 29.4 Å². The summed E-state index contributed by atoms with van der Waals surface area (Å²) in [7, 11) is 0. The first kappa shape index (κ1) is 17.4. The predicted octanol–water partition coefficient (Wildman–Crippen LogP) is 1.15. The molecule has 0 aromatic carbocycles. The van der Waals surface area contributed by atoms with E-state index in [1.54, 1.807) is 12.3 Å². The van der Waals surface area contributed by atoms with Crippen molar-refractivity contribution in [3.63, 3.8) is 0 Å². The number of hydrogen-bond donors (Lipinski definition) is 2. The van der Waals surface area contributed by atoms with E-state index in [1.807, 2.05) is 13.0 Å². The number of nitrogens with one attached hydrogen (secondary N) is 2. The van der Waals surface area contributed by atoms with Crippen LogP contribution in [0.2, 0.25) is 0 Å². The third-order valence-electron chi connectivity index (χ3n) is 4.10. The largest absolute Gasteiger partial charge is 0.352 e. The van der Waals surface area contributed by atoms with Crippen LogP contribution < -0.4 is 16.2 Å². The van der Waals surface area contributed by atoms with Crippen LogP contribution in [0.25, 0.3) is 5.65 Å². The fourth-order valence-corrected chi connectivity index (χ4v) is 2.78. The lowest BCUT2D eigenvalue weighted by Gasteiger charge is -2.09. The molecule has 0 bridgehead atoms. The Balaban J connectivity index is 0.00000192. The highest BCUT2D eigenvalue weighted by molar-refractivity contribution is 5.93. The molecule has 3 heterocycles. The van der Waals surface area contributed by atoms with Gasteiger partial charge >= 0.3 is 0 Å². The van der Waals surface area contributed by atoms with Crippen LogP contribution >= 0.6 is 12.4 Å². The minimum atomic E-state index is -0.348. The first-order valence-corrected chi connectivity index (χ1v) is 7.62. The van der Waals surface area contributed by atoms with Gasteiger partial charge in [-0.2, -0.15) is 0 Å². The lowest BCUT2D eigenvalue weighted by molar-refractivity contribution is 0.0949. The molecule has 0 saturated carbocycles. The van der Waals surface area contributed by atoms with Crippen LogP contribution in [0.5, 0.6) is 0 Å². The quantitative estimate of drug-likeness (QED) is 0.878. The summed E-state index contributed by atoms with van der Waals surface area (Å²) in [5, 5.41) is 6.13. The van der Waals surface area contributed by atoms with Crippen molar-refractivity contribution in [1.29, 1.82) is 0 Å². The summed E-state index contributed by atoms with van der Waals surface area (Å²) >= 11 is 0. The molecule has 1 fully saturated rings. The van der Waals surface area contributed by atoms with E-state index in [4.69, 9.17) is 0 Å². The number of halogens is 1. The molecule has 1 amide bonds. The number of hydrogen-bond acceptors (Lipinski definition) is 4. The lowest BCUT2D eigenvalue weighted by atomic mass is 10.1. The van der Waals surface area contributed by atoms with Crippen molar-refractivity contribution in [3.8, 4) is 0 Å². The number of aryl methyl sites for hydroxylation is 1. The third kappa shape index (κ3) is 3.89. The number of nitrogens with zero attached hydrogens (tertiary/aromatic N) is 2. The third-order valence-corrected chi connectivity index (χ3v) is 4.10. The summed E-state index contributed by atoms with van der Waals surface area (Å²) in [5.74, 6) is 0.262. The van der Waals surface area contributed by atoms with E-state index >= 15 is 0 Å². The highest BCUT2D eigenvalue weighted by Gasteiger charge is 2.16. The fraction of sp³-hybridized carbons (Fsp3) is 0.438. The number of carbonyl (C=O) groups is 1. The number of fused-ring (bicyclic) bond motifs is 1. The van der Waals surface area contributed by atoms with Crippen LogP contribution in [-0.2, 0) is 0 Å². The Morgan fingerprint density at radius 3 is 3.04 bits per heavy atom. The Morgan fingerprint density at radius 2 is 2.30 bits per heavy atom. The summed E-state index contributed by atoms with van der Waals surface area (Å²) in [6, 6.07) is 3.66. The van der Waals surface area contributed by atoms with Gasteiger partial charge in [-0.3, -0.25) is 14.0 Å². The molecule has 0 spiro atoms. The monoisotopic (exact) mass is 336 g/mol. The number of pyridine rings is 1. The van der Waals surface area contributed by atoms with Gasteiger partial charge in [0, 0.05) is 18.9 Å². The Labute approximate surface area is 140 Å². The van der Waals surface area contributed by atoms with Crippen molar-refractivity contribution in [3.05, 3.63) is 46.0 Å².